The summed E-state index contributed by atoms with van der Waals surface area (Å²) in [4.78, 5) is 12.6. The van der Waals surface area contributed by atoms with Crippen LogP contribution in [-0.4, -0.2) is 19.5 Å². The van der Waals surface area contributed by atoms with Gasteiger partial charge < -0.3 is 0 Å². The van der Waals surface area contributed by atoms with Crippen molar-refractivity contribution in [2.45, 2.75) is 71.4 Å². The molecule has 4 rings (SSSR count). The Balaban J connectivity index is 1.51. The van der Waals surface area contributed by atoms with Crippen molar-refractivity contribution in [3.63, 3.8) is 0 Å². The second-order valence-electron chi connectivity index (χ2n) is 7.35. The first-order valence-corrected chi connectivity index (χ1v) is 12.0. The van der Waals surface area contributed by atoms with Crippen molar-refractivity contribution < 1.29 is 31.0 Å². The first kappa shape index (κ1) is 15.4. The molecule has 5 heteroatoms. The molecule has 1 aliphatic heterocycles. The molecule has 5 unspecified atom stereocenters. The summed E-state index contributed by atoms with van der Waals surface area (Å²) in [5.41, 5.74) is -0.0915. The molecule has 1 heterocycles. The first-order valence-electron chi connectivity index (χ1n) is 8.43. The van der Waals surface area contributed by atoms with E-state index in [1.54, 1.807) is 0 Å². The van der Waals surface area contributed by atoms with Gasteiger partial charge in [-0.1, -0.05) is 0 Å². The monoisotopic (exact) mass is 516 g/mol. The first-order chi connectivity index (χ1) is 10.2. The van der Waals surface area contributed by atoms with E-state index in [9.17, 15) is 4.79 Å². The summed E-state index contributed by atoms with van der Waals surface area (Å²) in [5.74, 6) is 2.53. The third-order valence-electron chi connectivity index (χ3n) is 6.13. The summed E-state index contributed by atoms with van der Waals surface area (Å²) in [5, 5.41) is 0. The van der Waals surface area contributed by atoms with E-state index in [0.717, 1.165) is 24.7 Å². The molecular formula is C16H24I2NO2-. The molecule has 0 spiro atoms. The van der Waals surface area contributed by atoms with Gasteiger partial charge >= 0.3 is 152 Å². The van der Waals surface area contributed by atoms with E-state index in [2.05, 4.69) is 26.1 Å². The summed E-state index contributed by atoms with van der Waals surface area (Å²) in [7, 11) is 0. The molecule has 0 aromatic heterocycles. The number of halogens is 2. The van der Waals surface area contributed by atoms with Crippen LogP contribution >= 0.6 is 22.6 Å². The van der Waals surface area contributed by atoms with Gasteiger partial charge in [-0.25, -0.2) is 0 Å². The van der Waals surface area contributed by atoms with E-state index in [1.807, 2.05) is 0 Å². The Kier molecular flexibility index (Phi) is 4.46. The summed E-state index contributed by atoms with van der Waals surface area (Å²) >= 11 is 2.38. The van der Waals surface area contributed by atoms with Gasteiger partial charge in [-0.3, -0.25) is 0 Å². The SMILES string of the molecule is O=C(OC1(C2CC3CCC2C3)CCCCC1)C(I)C1N[I-]1. The average Bonchev–Trinajstić information content (AvgIpc) is 3.13. The Morgan fingerprint density at radius 1 is 1.24 bits per heavy atom. The second kappa shape index (κ2) is 6.07. The van der Waals surface area contributed by atoms with Crippen LogP contribution in [0.25, 0.3) is 0 Å². The molecule has 3 nitrogen and oxygen atoms in total. The quantitative estimate of drug-likeness (QED) is 0.147. The van der Waals surface area contributed by atoms with Crippen LogP contribution in [0.3, 0.4) is 0 Å². The molecule has 0 radical (unpaired) electrons. The molecule has 5 atom stereocenters. The van der Waals surface area contributed by atoms with E-state index >= 15 is 0 Å². The number of carbonyl (C=O) groups excluding carboxylic acids is 1. The van der Waals surface area contributed by atoms with E-state index in [-0.39, 0.29) is 37.0 Å². The fourth-order valence-corrected chi connectivity index (χ4v) is 8.19. The van der Waals surface area contributed by atoms with Gasteiger partial charge in [0, 0.05) is 0 Å². The third kappa shape index (κ3) is 2.99. The standard InChI is InChI=1S/C16H24I2NO2/c17-13(14-18-19-14)15(20)21-16(6-2-1-3-7-16)12-9-10-4-5-11(12)8-10/h10-14,19H,1-9H2/q-1. The normalized spacial score (nSPS) is 42.1. The average molecular weight is 516 g/mol. The number of fused-ring (bicyclic) bond motifs is 2. The van der Waals surface area contributed by atoms with Gasteiger partial charge in [0.2, 0.25) is 0 Å². The van der Waals surface area contributed by atoms with Gasteiger partial charge in [-0.15, -0.1) is 0 Å². The van der Waals surface area contributed by atoms with Crippen LogP contribution in [0, 0.1) is 17.8 Å². The number of hydrogen-bond acceptors (Lipinski definition) is 3. The molecular weight excluding hydrogens is 492 g/mol. The minimum atomic E-state index is -0.0915. The van der Waals surface area contributed by atoms with Crippen LogP contribution in [0.2, 0.25) is 0 Å². The van der Waals surface area contributed by atoms with Crippen molar-refractivity contribution >= 4 is 28.6 Å². The zero-order valence-electron chi connectivity index (χ0n) is 12.3. The van der Waals surface area contributed by atoms with Crippen LogP contribution in [0.4, 0.5) is 0 Å². The fourth-order valence-electron chi connectivity index (χ4n) is 5.11. The van der Waals surface area contributed by atoms with Gasteiger partial charge in [0.15, 0.2) is 0 Å². The van der Waals surface area contributed by atoms with Crippen molar-refractivity contribution in [1.82, 2.24) is 3.53 Å². The Morgan fingerprint density at radius 3 is 2.57 bits per heavy atom. The third-order valence-corrected chi connectivity index (χ3v) is 10.8. The van der Waals surface area contributed by atoms with Gasteiger partial charge in [-0.2, -0.15) is 0 Å². The summed E-state index contributed by atoms with van der Waals surface area (Å²) in [6.45, 7) is 0. The van der Waals surface area contributed by atoms with Crippen molar-refractivity contribution in [2.24, 2.45) is 17.8 Å². The maximum absolute atomic E-state index is 12.6. The van der Waals surface area contributed by atoms with Crippen molar-refractivity contribution in [3.05, 3.63) is 0 Å². The van der Waals surface area contributed by atoms with Gasteiger partial charge in [0.05, 0.1) is 0 Å². The van der Waals surface area contributed by atoms with Crippen LogP contribution in [0.1, 0.15) is 57.8 Å². The van der Waals surface area contributed by atoms with Crippen LogP contribution in [0.5, 0.6) is 0 Å². The molecule has 0 aromatic carbocycles. The molecule has 21 heavy (non-hydrogen) atoms. The van der Waals surface area contributed by atoms with Gasteiger partial charge in [0.1, 0.15) is 0 Å². The molecule has 4 aliphatic rings. The number of alkyl halides is 2. The zero-order valence-corrected chi connectivity index (χ0v) is 16.6. The summed E-state index contributed by atoms with van der Waals surface area (Å²) in [6.07, 6.45) is 11.6. The number of nitrogens with one attached hydrogen (secondary N) is 1. The molecule has 1 saturated heterocycles. The topological polar surface area (TPSA) is 48.2 Å². The molecule has 3 aliphatic carbocycles. The number of carbonyl (C=O) groups is 1. The summed E-state index contributed by atoms with van der Waals surface area (Å²) < 4.78 is 10.2. The Morgan fingerprint density at radius 2 is 2.00 bits per heavy atom. The van der Waals surface area contributed by atoms with Gasteiger partial charge in [-0.05, 0) is 0 Å². The number of rotatable bonds is 4. The molecule has 120 valence electrons. The van der Waals surface area contributed by atoms with Crippen molar-refractivity contribution in [2.75, 3.05) is 0 Å². The van der Waals surface area contributed by atoms with Gasteiger partial charge in [0.25, 0.3) is 0 Å². The Bertz CT molecular complexity index is 421. The van der Waals surface area contributed by atoms with E-state index < -0.39 is 0 Å². The van der Waals surface area contributed by atoms with Crippen molar-refractivity contribution in [3.8, 4) is 0 Å². The molecule has 2 bridgehead atoms. The Hall–Kier alpha value is 0.890. The van der Waals surface area contributed by atoms with Crippen molar-refractivity contribution in [1.29, 1.82) is 0 Å². The maximum atomic E-state index is 12.6. The number of ether oxygens (including phenoxy) is 1. The van der Waals surface area contributed by atoms with Crippen LogP contribution in [-0.2, 0) is 9.53 Å². The molecule has 1 N–H and O–H groups in total. The molecule has 4 fully saturated rings. The number of esters is 1. The number of hydrogen-bond donors (Lipinski definition) is 1. The fraction of sp³-hybridized carbons (Fsp3) is 0.938. The predicted octanol–water partition coefficient (Wildman–Crippen LogP) is 0.406. The molecule has 0 aromatic rings. The minimum absolute atomic E-state index is 0.0489. The van der Waals surface area contributed by atoms with E-state index in [4.69, 9.17) is 4.74 Å². The van der Waals surface area contributed by atoms with E-state index in [0.29, 0.717) is 9.97 Å². The predicted molar refractivity (Wildman–Crippen MR) is 85.6 cm³/mol. The van der Waals surface area contributed by atoms with E-state index in [1.165, 1.54) is 44.9 Å². The van der Waals surface area contributed by atoms with Crippen LogP contribution < -0.4 is 25.0 Å². The zero-order chi connectivity index (χ0) is 14.4. The summed E-state index contributed by atoms with van der Waals surface area (Å²) in [6, 6.07) is 0. The Labute approximate surface area is 151 Å². The molecule has 0 amide bonds. The molecule has 3 saturated carbocycles. The second-order valence-corrected chi connectivity index (χ2v) is 11.3. The van der Waals surface area contributed by atoms with Crippen LogP contribution in [0.15, 0.2) is 0 Å².